The van der Waals surface area contributed by atoms with Crippen LogP contribution in [-0.4, -0.2) is 54.5 Å². The zero-order valence-corrected chi connectivity index (χ0v) is 16.8. The number of fused-ring (bicyclic) bond motifs is 1. The first-order valence-corrected chi connectivity index (χ1v) is 10.1. The molecule has 31 heavy (non-hydrogen) atoms. The van der Waals surface area contributed by atoms with Gasteiger partial charge >= 0.3 is 6.16 Å². The van der Waals surface area contributed by atoms with Crippen molar-refractivity contribution in [2.75, 3.05) is 43.4 Å². The first kappa shape index (κ1) is 19.7. The van der Waals surface area contributed by atoms with Gasteiger partial charge in [-0.25, -0.2) is 9.18 Å². The number of allylic oxidation sites excluding steroid dienone is 1. The fourth-order valence-electron chi connectivity index (χ4n) is 5.01. The quantitative estimate of drug-likeness (QED) is 0.560. The second-order valence-electron chi connectivity index (χ2n) is 8.24. The lowest BCUT2D eigenvalue weighted by Gasteiger charge is -2.33. The molecule has 3 unspecified atom stereocenters. The van der Waals surface area contributed by atoms with Crippen LogP contribution in [0, 0.1) is 23.6 Å². The Morgan fingerprint density at radius 3 is 2.94 bits per heavy atom. The van der Waals surface area contributed by atoms with Crippen molar-refractivity contribution in [3.63, 3.8) is 0 Å². The third-order valence-corrected chi connectivity index (χ3v) is 6.47. The second-order valence-corrected chi connectivity index (χ2v) is 8.24. The molecule has 0 radical (unpaired) electrons. The van der Waals surface area contributed by atoms with E-state index in [9.17, 15) is 14.7 Å². The Hall–Kier alpha value is -3.27. The van der Waals surface area contributed by atoms with Gasteiger partial charge in [0.15, 0.2) is 18.3 Å². The Balaban J connectivity index is 1.67. The van der Waals surface area contributed by atoms with Gasteiger partial charge in [0.05, 0.1) is 11.6 Å². The number of hydrogen-bond donors (Lipinski definition) is 2. The van der Waals surface area contributed by atoms with Crippen molar-refractivity contribution in [3.8, 4) is 11.5 Å². The molecule has 0 saturated carbocycles. The minimum Gasteiger partial charge on any atom is -0.467 e. The average molecular weight is 431 g/mol. The molecule has 1 saturated heterocycles. The van der Waals surface area contributed by atoms with Crippen LogP contribution >= 0.6 is 0 Å². The predicted octanol–water partition coefficient (Wildman–Crippen LogP) is 1.74. The van der Waals surface area contributed by atoms with Gasteiger partial charge in [0.2, 0.25) is 11.2 Å². The fourth-order valence-corrected chi connectivity index (χ4v) is 5.01. The number of aliphatic hydroxyl groups excluding tert-OH is 1. The van der Waals surface area contributed by atoms with Crippen LogP contribution in [-0.2, 0) is 0 Å². The number of rotatable bonds is 3. The van der Waals surface area contributed by atoms with Gasteiger partial charge in [-0.1, -0.05) is 12.2 Å². The lowest BCUT2D eigenvalue weighted by molar-refractivity contribution is 0.143. The number of carboxylic acid groups (broad SMARTS) is 1. The van der Waals surface area contributed by atoms with Gasteiger partial charge in [-0.15, -0.1) is 0 Å². The molecule has 3 heterocycles. The van der Waals surface area contributed by atoms with Crippen molar-refractivity contribution >= 4 is 22.7 Å². The van der Waals surface area contributed by atoms with E-state index in [2.05, 4.69) is 16.9 Å². The highest BCUT2D eigenvalue weighted by Crippen LogP contribution is 2.45. The maximum atomic E-state index is 15.4. The number of pyridine rings is 1. The Kier molecular flexibility index (Phi) is 4.54. The van der Waals surface area contributed by atoms with Gasteiger partial charge in [-0.05, 0) is 30.2 Å². The first-order chi connectivity index (χ1) is 14.9. The second kappa shape index (κ2) is 7.16. The van der Waals surface area contributed by atoms with Crippen molar-refractivity contribution in [1.82, 2.24) is 4.68 Å². The van der Waals surface area contributed by atoms with E-state index in [1.54, 1.807) is 16.7 Å². The van der Waals surface area contributed by atoms with Gasteiger partial charge in [-0.3, -0.25) is 14.5 Å². The van der Waals surface area contributed by atoms with E-state index in [0.29, 0.717) is 18.6 Å². The number of aliphatic hydroxyl groups is 1. The Morgan fingerprint density at radius 2 is 2.19 bits per heavy atom. The van der Waals surface area contributed by atoms with E-state index in [4.69, 9.17) is 9.84 Å². The summed E-state index contributed by atoms with van der Waals surface area (Å²) in [6, 6.07) is 1.12. The normalized spacial score (nSPS) is 24.3. The molecule has 9 nitrogen and oxygen atoms in total. The van der Waals surface area contributed by atoms with Crippen molar-refractivity contribution in [3.05, 3.63) is 40.5 Å². The summed E-state index contributed by atoms with van der Waals surface area (Å²) in [4.78, 5) is 25.7. The van der Waals surface area contributed by atoms with E-state index in [1.807, 2.05) is 4.90 Å². The number of halogens is 1. The topological polar surface area (TPSA) is 104 Å². The molecule has 10 heteroatoms. The summed E-state index contributed by atoms with van der Waals surface area (Å²) in [7, 11) is 1.70. The van der Waals surface area contributed by atoms with Gasteiger partial charge in [-0.2, -0.15) is 0 Å². The van der Waals surface area contributed by atoms with Crippen LogP contribution in [0.15, 0.2) is 29.2 Å². The molecule has 0 bridgehead atoms. The largest absolute Gasteiger partial charge is 0.511 e. The first-order valence-electron chi connectivity index (χ1n) is 10.1. The number of nitrogens with zero attached hydrogens (tertiary/aromatic N) is 3. The maximum Gasteiger partial charge on any atom is 0.511 e. The number of carbonyl (C=O) groups is 1. The monoisotopic (exact) mass is 431 g/mol. The van der Waals surface area contributed by atoms with Gasteiger partial charge < -0.3 is 24.6 Å². The summed E-state index contributed by atoms with van der Waals surface area (Å²) in [6.07, 6.45) is 4.65. The average Bonchev–Trinajstić information content (AvgIpc) is 3.16. The third-order valence-electron chi connectivity index (χ3n) is 6.47. The summed E-state index contributed by atoms with van der Waals surface area (Å²) in [6.45, 7) is 1.31. The minimum absolute atomic E-state index is 0.0220. The molecule has 0 amide bonds. The molecule has 3 aliphatic rings. The third kappa shape index (κ3) is 3.01. The maximum absolute atomic E-state index is 15.4. The standard InChI is InChI=1S/C21H22FN3O6/c1-23-10-30-20-17-13(19(27)16(8-25(17)23)31-21(28)29)5-15(22)18(20)24-6-11-3-2-4-12(9-26)14(11)7-24/h2-3,5,8,11-12,14,26H,4,6-7,9-10H2,1H3,(H,28,29). The van der Waals surface area contributed by atoms with E-state index in [0.717, 1.165) is 12.5 Å². The van der Waals surface area contributed by atoms with Crippen molar-refractivity contribution < 1.29 is 28.9 Å². The summed E-state index contributed by atoms with van der Waals surface area (Å²) in [5.41, 5.74) is -0.0882. The molecule has 2 N–H and O–H groups in total. The Labute approximate surface area is 176 Å². The van der Waals surface area contributed by atoms with Crippen LogP contribution in [0.4, 0.5) is 14.9 Å². The summed E-state index contributed by atoms with van der Waals surface area (Å²) in [5.74, 6) is -0.248. The predicted molar refractivity (Wildman–Crippen MR) is 110 cm³/mol. The lowest BCUT2D eigenvalue weighted by atomic mass is 9.78. The SMILES string of the molecule is CN1COc2c(N3CC4C=CCC(CO)C4C3)c(F)cc3c(=O)c(OC(=O)O)cn1c23. The number of aromatic nitrogens is 1. The van der Waals surface area contributed by atoms with Crippen LogP contribution in [0.2, 0.25) is 0 Å². The van der Waals surface area contributed by atoms with Gasteiger partial charge in [0.1, 0.15) is 11.2 Å². The molecule has 164 valence electrons. The molecule has 5 rings (SSSR count). The molecular formula is C21H22FN3O6. The minimum atomic E-state index is -1.62. The lowest BCUT2D eigenvalue weighted by Crippen LogP contribution is -2.39. The van der Waals surface area contributed by atoms with E-state index in [1.165, 1.54) is 6.20 Å². The van der Waals surface area contributed by atoms with E-state index < -0.39 is 23.2 Å². The van der Waals surface area contributed by atoms with Gasteiger partial charge in [0, 0.05) is 26.7 Å². The Bertz CT molecular complexity index is 1160. The van der Waals surface area contributed by atoms with E-state index >= 15 is 4.39 Å². The number of ether oxygens (including phenoxy) is 2. The highest BCUT2D eigenvalue weighted by molar-refractivity contribution is 5.93. The summed E-state index contributed by atoms with van der Waals surface area (Å²) < 4.78 is 27.4. The van der Waals surface area contributed by atoms with Crippen molar-refractivity contribution in [1.29, 1.82) is 0 Å². The van der Waals surface area contributed by atoms with Crippen LogP contribution in [0.25, 0.3) is 10.9 Å². The van der Waals surface area contributed by atoms with Crippen molar-refractivity contribution in [2.45, 2.75) is 6.42 Å². The highest BCUT2D eigenvalue weighted by Gasteiger charge is 2.40. The van der Waals surface area contributed by atoms with Crippen molar-refractivity contribution in [2.24, 2.45) is 17.8 Å². The molecular weight excluding hydrogens is 409 g/mol. The fraction of sp³-hybridized carbons (Fsp3) is 0.429. The van der Waals surface area contributed by atoms with E-state index in [-0.39, 0.29) is 47.9 Å². The van der Waals surface area contributed by atoms with Crippen LogP contribution in [0.1, 0.15) is 6.42 Å². The molecule has 1 fully saturated rings. The number of benzene rings is 1. The van der Waals surface area contributed by atoms with Gasteiger partial charge in [0.25, 0.3) is 0 Å². The molecule has 1 aromatic carbocycles. The molecule has 2 aromatic rings. The Morgan fingerprint density at radius 1 is 1.39 bits per heavy atom. The zero-order valence-electron chi connectivity index (χ0n) is 16.8. The van der Waals surface area contributed by atoms with Crippen LogP contribution in [0.5, 0.6) is 11.5 Å². The molecule has 1 aromatic heterocycles. The molecule has 2 aliphatic heterocycles. The molecule has 0 spiro atoms. The zero-order chi connectivity index (χ0) is 21.9. The summed E-state index contributed by atoms with van der Waals surface area (Å²) in [5, 5.41) is 20.3. The molecule has 3 atom stereocenters. The smallest absolute Gasteiger partial charge is 0.467 e. The van der Waals surface area contributed by atoms with Crippen LogP contribution in [0.3, 0.4) is 0 Å². The summed E-state index contributed by atoms with van der Waals surface area (Å²) >= 11 is 0. The number of hydrogen-bond acceptors (Lipinski definition) is 7. The molecule has 1 aliphatic carbocycles. The number of anilines is 1. The van der Waals surface area contributed by atoms with Crippen LogP contribution < -0.4 is 24.8 Å². The highest BCUT2D eigenvalue weighted by atomic mass is 19.1.